The molecular weight excluding hydrogens is 120 g/mol. The van der Waals surface area contributed by atoms with Gasteiger partial charge in [0.05, 0.1) is 0 Å². The molecule has 0 aliphatic carbocycles. The predicted molar refractivity (Wildman–Crippen MR) is 47.8 cm³/mol. The molecule has 0 amide bonds. The van der Waals surface area contributed by atoms with Crippen molar-refractivity contribution < 1.29 is 0 Å². The summed E-state index contributed by atoms with van der Waals surface area (Å²) in [5, 5.41) is 0. The van der Waals surface area contributed by atoms with Gasteiger partial charge in [0.15, 0.2) is 0 Å². The van der Waals surface area contributed by atoms with Crippen LogP contribution in [0.3, 0.4) is 0 Å². The van der Waals surface area contributed by atoms with Gasteiger partial charge in [0.25, 0.3) is 0 Å². The lowest BCUT2D eigenvalue weighted by Gasteiger charge is -2.19. The Balaban J connectivity index is 3.60. The van der Waals surface area contributed by atoms with Gasteiger partial charge in [-0.05, 0) is 30.6 Å². The smallest absolute Gasteiger partial charge is 0.0216 e. The second-order valence-electron chi connectivity index (χ2n) is 3.76. The summed E-state index contributed by atoms with van der Waals surface area (Å²) in [5.74, 6) is 3.33. The van der Waals surface area contributed by atoms with Crippen molar-refractivity contribution >= 4 is 0 Å². The summed E-state index contributed by atoms with van der Waals surface area (Å²) in [5.41, 5.74) is 0. The van der Waals surface area contributed by atoms with Gasteiger partial charge >= 0.3 is 0 Å². The third kappa shape index (κ3) is 3.92. The average Bonchev–Trinajstić information content (AvgIpc) is 1.81. The second kappa shape index (κ2) is 4.76. The summed E-state index contributed by atoms with van der Waals surface area (Å²) in [7, 11) is 0. The van der Waals surface area contributed by atoms with Crippen molar-refractivity contribution in [2.24, 2.45) is 11.8 Å². The minimum Gasteiger partial charge on any atom is -0.0648 e. The Bertz CT molecular complexity index is 72.1. The highest BCUT2D eigenvalue weighted by Crippen LogP contribution is 2.24. The molecular formula is C10H21. The molecule has 10 heavy (non-hydrogen) atoms. The summed E-state index contributed by atoms with van der Waals surface area (Å²) in [6.45, 7) is 11.4. The Labute approximate surface area is 66.0 Å². The van der Waals surface area contributed by atoms with Gasteiger partial charge in [-0.3, -0.25) is 0 Å². The van der Waals surface area contributed by atoms with Crippen molar-refractivity contribution in [3.05, 3.63) is 5.92 Å². The molecule has 0 aromatic heterocycles. The van der Waals surface area contributed by atoms with Crippen molar-refractivity contribution in [1.29, 1.82) is 0 Å². The SMILES string of the molecule is CC[C](CC(C)C)C(C)C. The predicted octanol–water partition coefficient (Wildman–Crippen LogP) is 3.67. The standard InChI is InChI=1S/C10H21/c1-6-10(9(4)5)7-8(2)3/h8-9H,6-7H2,1-5H3. The minimum absolute atomic E-state index is 0.785. The average molecular weight is 141 g/mol. The Hall–Kier alpha value is 0. The molecule has 0 spiro atoms. The lowest BCUT2D eigenvalue weighted by atomic mass is 9.86. The first-order valence-corrected chi connectivity index (χ1v) is 4.42. The minimum atomic E-state index is 0.785. The highest BCUT2D eigenvalue weighted by atomic mass is 14.2. The van der Waals surface area contributed by atoms with Gasteiger partial charge in [0, 0.05) is 0 Å². The largest absolute Gasteiger partial charge is 0.0648 e. The topological polar surface area (TPSA) is 0 Å². The Morgan fingerprint density at radius 2 is 1.60 bits per heavy atom. The van der Waals surface area contributed by atoms with E-state index in [4.69, 9.17) is 0 Å². The Morgan fingerprint density at radius 1 is 1.10 bits per heavy atom. The van der Waals surface area contributed by atoms with Crippen LogP contribution in [-0.4, -0.2) is 0 Å². The summed E-state index contributed by atoms with van der Waals surface area (Å²) >= 11 is 0. The van der Waals surface area contributed by atoms with Crippen molar-refractivity contribution in [2.45, 2.75) is 47.5 Å². The molecule has 0 aromatic carbocycles. The molecule has 0 unspecified atom stereocenters. The quantitative estimate of drug-likeness (QED) is 0.560. The summed E-state index contributed by atoms with van der Waals surface area (Å²) in [6.07, 6.45) is 2.57. The summed E-state index contributed by atoms with van der Waals surface area (Å²) < 4.78 is 0. The van der Waals surface area contributed by atoms with Crippen molar-refractivity contribution in [1.82, 2.24) is 0 Å². The van der Waals surface area contributed by atoms with E-state index in [1.807, 2.05) is 0 Å². The zero-order valence-corrected chi connectivity index (χ0v) is 8.07. The van der Waals surface area contributed by atoms with Crippen LogP contribution in [0, 0.1) is 17.8 Å². The van der Waals surface area contributed by atoms with Gasteiger partial charge in [-0.1, -0.05) is 34.6 Å². The summed E-state index contributed by atoms with van der Waals surface area (Å²) in [6, 6.07) is 0. The molecule has 0 atom stereocenters. The molecule has 0 saturated carbocycles. The molecule has 0 heterocycles. The van der Waals surface area contributed by atoms with Gasteiger partial charge < -0.3 is 0 Å². The van der Waals surface area contributed by atoms with E-state index in [1.54, 1.807) is 5.92 Å². The number of hydrogen-bond donors (Lipinski definition) is 0. The van der Waals surface area contributed by atoms with E-state index in [0.717, 1.165) is 11.8 Å². The Morgan fingerprint density at radius 3 is 1.70 bits per heavy atom. The highest BCUT2D eigenvalue weighted by molar-refractivity contribution is 4.91. The van der Waals surface area contributed by atoms with E-state index in [1.165, 1.54) is 12.8 Å². The van der Waals surface area contributed by atoms with Crippen LogP contribution in [0.5, 0.6) is 0 Å². The molecule has 0 aliphatic heterocycles. The van der Waals surface area contributed by atoms with Gasteiger partial charge in [0.1, 0.15) is 0 Å². The van der Waals surface area contributed by atoms with E-state index in [-0.39, 0.29) is 0 Å². The fraction of sp³-hybridized carbons (Fsp3) is 0.900. The molecule has 1 radical (unpaired) electrons. The molecule has 0 N–H and O–H groups in total. The van der Waals surface area contributed by atoms with Gasteiger partial charge in [-0.2, -0.15) is 0 Å². The van der Waals surface area contributed by atoms with Crippen LogP contribution in [0.4, 0.5) is 0 Å². The van der Waals surface area contributed by atoms with E-state index >= 15 is 0 Å². The van der Waals surface area contributed by atoms with Crippen molar-refractivity contribution in [2.75, 3.05) is 0 Å². The van der Waals surface area contributed by atoms with Gasteiger partial charge in [0.2, 0.25) is 0 Å². The molecule has 0 bridgehead atoms. The molecule has 0 nitrogen and oxygen atoms in total. The normalized spacial score (nSPS) is 12.0. The van der Waals surface area contributed by atoms with Crippen LogP contribution in [0.15, 0.2) is 0 Å². The van der Waals surface area contributed by atoms with Crippen LogP contribution in [-0.2, 0) is 0 Å². The maximum Gasteiger partial charge on any atom is -0.0216 e. The molecule has 0 heteroatoms. The second-order valence-corrected chi connectivity index (χ2v) is 3.76. The third-order valence-electron chi connectivity index (χ3n) is 1.94. The van der Waals surface area contributed by atoms with Crippen LogP contribution in [0.25, 0.3) is 0 Å². The molecule has 0 aromatic rings. The zero-order valence-electron chi connectivity index (χ0n) is 8.07. The van der Waals surface area contributed by atoms with E-state index < -0.39 is 0 Å². The zero-order chi connectivity index (χ0) is 8.15. The van der Waals surface area contributed by atoms with Gasteiger partial charge in [-0.25, -0.2) is 0 Å². The number of rotatable bonds is 4. The first kappa shape index (κ1) is 10.0. The van der Waals surface area contributed by atoms with Crippen LogP contribution >= 0.6 is 0 Å². The maximum absolute atomic E-state index is 2.29. The van der Waals surface area contributed by atoms with Gasteiger partial charge in [-0.15, -0.1) is 0 Å². The van der Waals surface area contributed by atoms with Crippen LogP contribution in [0.1, 0.15) is 47.5 Å². The molecule has 0 aliphatic rings. The van der Waals surface area contributed by atoms with Crippen LogP contribution < -0.4 is 0 Å². The molecule has 0 saturated heterocycles. The van der Waals surface area contributed by atoms with Crippen molar-refractivity contribution in [3.8, 4) is 0 Å². The maximum atomic E-state index is 2.29. The summed E-state index contributed by atoms with van der Waals surface area (Å²) in [4.78, 5) is 0. The first-order chi connectivity index (χ1) is 4.57. The fourth-order valence-corrected chi connectivity index (χ4v) is 1.31. The van der Waals surface area contributed by atoms with E-state index in [9.17, 15) is 0 Å². The fourth-order valence-electron chi connectivity index (χ4n) is 1.31. The van der Waals surface area contributed by atoms with Crippen LogP contribution in [0.2, 0.25) is 0 Å². The van der Waals surface area contributed by atoms with E-state index in [0.29, 0.717) is 0 Å². The van der Waals surface area contributed by atoms with Crippen molar-refractivity contribution in [3.63, 3.8) is 0 Å². The lowest BCUT2D eigenvalue weighted by molar-refractivity contribution is 0.491. The lowest BCUT2D eigenvalue weighted by Crippen LogP contribution is -2.07. The monoisotopic (exact) mass is 141 g/mol. The molecule has 61 valence electrons. The molecule has 0 rings (SSSR count). The van der Waals surface area contributed by atoms with E-state index in [2.05, 4.69) is 34.6 Å². The first-order valence-electron chi connectivity index (χ1n) is 4.42. The number of hydrogen-bond acceptors (Lipinski definition) is 0. The highest BCUT2D eigenvalue weighted by Gasteiger charge is 2.12. The Kier molecular flexibility index (Phi) is 4.76. The third-order valence-corrected chi connectivity index (χ3v) is 1.94. The molecule has 0 fully saturated rings.